The van der Waals surface area contributed by atoms with Crippen LogP contribution in [0.15, 0.2) is 24.3 Å². The van der Waals surface area contributed by atoms with Gasteiger partial charge in [-0.3, -0.25) is 14.8 Å². The molecular weight excluding hydrogens is 345 g/mol. The van der Waals surface area contributed by atoms with Gasteiger partial charge in [-0.1, -0.05) is 19.1 Å². The Kier molecular flexibility index (Phi) is 6.21. The number of piperidine rings is 1. The summed E-state index contributed by atoms with van der Waals surface area (Å²) in [6, 6.07) is 6.20. The molecule has 27 heavy (non-hydrogen) atoms. The zero-order valence-corrected chi connectivity index (χ0v) is 16.3. The number of carbonyl (C=O) groups is 1. The van der Waals surface area contributed by atoms with Crippen LogP contribution in [0.4, 0.5) is 4.39 Å². The van der Waals surface area contributed by atoms with Gasteiger partial charge in [0.1, 0.15) is 11.6 Å². The molecule has 1 amide bonds. The third-order valence-corrected chi connectivity index (χ3v) is 5.37. The molecule has 0 bridgehead atoms. The predicted molar refractivity (Wildman–Crippen MR) is 102 cm³/mol. The maximum absolute atomic E-state index is 13.3. The molecule has 1 aromatic heterocycles. The molecule has 0 unspecified atom stereocenters. The van der Waals surface area contributed by atoms with Crippen molar-refractivity contribution < 1.29 is 9.18 Å². The van der Waals surface area contributed by atoms with Crippen LogP contribution in [0.2, 0.25) is 0 Å². The average molecular weight is 373 g/mol. The molecule has 6 nitrogen and oxygen atoms in total. The normalized spacial score (nSPS) is 17.0. The van der Waals surface area contributed by atoms with Crippen molar-refractivity contribution in [3.63, 3.8) is 0 Å². The third-order valence-electron chi connectivity index (χ3n) is 5.37. The quantitative estimate of drug-likeness (QED) is 0.846. The summed E-state index contributed by atoms with van der Waals surface area (Å²) < 4.78 is 13.3. The fourth-order valence-corrected chi connectivity index (χ4v) is 3.66. The summed E-state index contributed by atoms with van der Waals surface area (Å²) in [5, 5.41) is 7.32. The first kappa shape index (κ1) is 19.5. The van der Waals surface area contributed by atoms with Crippen LogP contribution in [0, 0.1) is 5.82 Å². The SMILES string of the molecule is CCc1nc(C2CCN([C@@H](C)C(=O)N(C)Cc3cccc(F)c3)CC2)n[nH]1. The number of amides is 1. The van der Waals surface area contributed by atoms with Crippen LogP contribution in [0.25, 0.3) is 0 Å². The highest BCUT2D eigenvalue weighted by molar-refractivity contribution is 5.81. The van der Waals surface area contributed by atoms with Crippen molar-refractivity contribution in [2.24, 2.45) is 0 Å². The number of likely N-dealkylation sites (tertiary alicyclic amines) is 1. The van der Waals surface area contributed by atoms with Gasteiger partial charge in [0.25, 0.3) is 0 Å². The van der Waals surface area contributed by atoms with E-state index in [-0.39, 0.29) is 17.8 Å². The number of hydrogen-bond donors (Lipinski definition) is 1. The second kappa shape index (κ2) is 8.61. The minimum atomic E-state index is -0.276. The van der Waals surface area contributed by atoms with Crippen molar-refractivity contribution in [1.82, 2.24) is 25.0 Å². The second-order valence-electron chi connectivity index (χ2n) is 7.30. The Labute approximate surface area is 159 Å². The van der Waals surface area contributed by atoms with Crippen molar-refractivity contribution in [2.45, 2.75) is 51.6 Å². The van der Waals surface area contributed by atoms with E-state index in [9.17, 15) is 9.18 Å². The smallest absolute Gasteiger partial charge is 0.239 e. The number of hydrogen-bond acceptors (Lipinski definition) is 4. The minimum absolute atomic E-state index is 0.0591. The molecule has 1 N–H and O–H groups in total. The van der Waals surface area contributed by atoms with Crippen LogP contribution in [0.5, 0.6) is 0 Å². The summed E-state index contributed by atoms with van der Waals surface area (Å²) in [6.07, 6.45) is 2.76. The van der Waals surface area contributed by atoms with E-state index in [0.29, 0.717) is 12.5 Å². The number of H-pyrrole nitrogens is 1. The van der Waals surface area contributed by atoms with Crippen LogP contribution in [-0.2, 0) is 17.8 Å². The van der Waals surface area contributed by atoms with E-state index in [0.717, 1.165) is 49.6 Å². The van der Waals surface area contributed by atoms with Crippen LogP contribution >= 0.6 is 0 Å². The highest BCUT2D eigenvalue weighted by atomic mass is 19.1. The van der Waals surface area contributed by atoms with Crippen molar-refractivity contribution in [3.05, 3.63) is 47.3 Å². The average Bonchev–Trinajstić information content (AvgIpc) is 3.16. The molecule has 1 aliphatic heterocycles. The van der Waals surface area contributed by atoms with Gasteiger partial charge < -0.3 is 4.90 Å². The van der Waals surface area contributed by atoms with E-state index in [4.69, 9.17) is 0 Å². The van der Waals surface area contributed by atoms with E-state index >= 15 is 0 Å². The molecule has 0 aliphatic carbocycles. The Morgan fingerprint density at radius 1 is 1.41 bits per heavy atom. The molecule has 7 heteroatoms. The Morgan fingerprint density at radius 3 is 2.78 bits per heavy atom. The van der Waals surface area contributed by atoms with Crippen LogP contribution in [0.3, 0.4) is 0 Å². The number of likely N-dealkylation sites (N-methyl/N-ethyl adjacent to an activating group) is 1. The highest BCUT2D eigenvalue weighted by Gasteiger charge is 2.30. The van der Waals surface area contributed by atoms with E-state index in [2.05, 4.69) is 27.0 Å². The molecule has 0 saturated carbocycles. The fraction of sp³-hybridized carbons (Fsp3) is 0.550. The highest BCUT2D eigenvalue weighted by Crippen LogP contribution is 2.27. The van der Waals surface area contributed by atoms with Gasteiger partial charge in [0, 0.05) is 25.9 Å². The lowest BCUT2D eigenvalue weighted by Gasteiger charge is -2.36. The van der Waals surface area contributed by atoms with Gasteiger partial charge in [-0.2, -0.15) is 5.10 Å². The number of carbonyl (C=O) groups excluding carboxylic acids is 1. The molecule has 0 radical (unpaired) electrons. The summed E-state index contributed by atoms with van der Waals surface area (Å²) >= 11 is 0. The Morgan fingerprint density at radius 2 is 2.15 bits per heavy atom. The number of halogens is 1. The standard InChI is InChI=1S/C20H28FN5O/c1-4-18-22-19(24-23-18)16-8-10-26(11-9-16)14(2)20(27)25(3)13-15-6-5-7-17(21)12-15/h5-7,12,14,16H,4,8-11,13H2,1-3H3,(H,22,23,24)/t14-/m0/s1. The zero-order valence-electron chi connectivity index (χ0n) is 16.3. The fourth-order valence-electron chi connectivity index (χ4n) is 3.66. The number of aromatic amines is 1. The van der Waals surface area contributed by atoms with Crippen molar-refractivity contribution in [3.8, 4) is 0 Å². The van der Waals surface area contributed by atoms with Gasteiger partial charge in [0.05, 0.1) is 6.04 Å². The first-order valence-corrected chi connectivity index (χ1v) is 9.62. The number of aromatic nitrogens is 3. The second-order valence-corrected chi connectivity index (χ2v) is 7.30. The van der Waals surface area contributed by atoms with Gasteiger partial charge in [-0.15, -0.1) is 0 Å². The Bertz CT molecular complexity index is 769. The number of aryl methyl sites for hydroxylation is 1. The summed E-state index contributed by atoms with van der Waals surface area (Å²) in [6.45, 7) is 6.12. The maximum Gasteiger partial charge on any atom is 0.239 e. The van der Waals surface area contributed by atoms with Crippen molar-refractivity contribution in [1.29, 1.82) is 0 Å². The summed E-state index contributed by atoms with van der Waals surface area (Å²) in [5.74, 6) is 1.96. The van der Waals surface area contributed by atoms with Crippen LogP contribution in [-0.4, -0.2) is 57.1 Å². The van der Waals surface area contributed by atoms with Crippen LogP contribution < -0.4 is 0 Å². The van der Waals surface area contributed by atoms with Crippen molar-refractivity contribution in [2.75, 3.05) is 20.1 Å². The van der Waals surface area contributed by atoms with Gasteiger partial charge >= 0.3 is 0 Å². The van der Waals surface area contributed by atoms with Gasteiger partial charge in [-0.05, 0) is 50.6 Å². The lowest BCUT2D eigenvalue weighted by molar-refractivity contribution is -0.136. The summed E-state index contributed by atoms with van der Waals surface area (Å²) in [7, 11) is 1.77. The lowest BCUT2D eigenvalue weighted by atomic mass is 9.95. The molecule has 1 aliphatic rings. The predicted octanol–water partition coefficient (Wildman–Crippen LogP) is 2.73. The van der Waals surface area contributed by atoms with Gasteiger partial charge in [0.15, 0.2) is 5.82 Å². The van der Waals surface area contributed by atoms with Gasteiger partial charge in [0.2, 0.25) is 5.91 Å². The molecule has 2 aromatic rings. The number of nitrogens with one attached hydrogen (secondary N) is 1. The molecule has 1 aromatic carbocycles. The zero-order chi connectivity index (χ0) is 19.4. The largest absolute Gasteiger partial charge is 0.340 e. The summed E-state index contributed by atoms with van der Waals surface area (Å²) in [5.41, 5.74) is 0.799. The van der Waals surface area contributed by atoms with E-state index in [1.165, 1.54) is 12.1 Å². The number of benzene rings is 1. The molecule has 1 atom stereocenters. The Hall–Kier alpha value is -2.28. The maximum atomic E-state index is 13.3. The first-order valence-electron chi connectivity index (χ1n) is 9.62. The molecule has 146 valence electrons. The topological polar surface area (TPSA) is 65.1 Å². The molecule has 0 spiro atoms. The lowest BCUT2D eigenvalue weighted by Crippen LogP contribution is -2.48. The first-order chi connectivity index (χ1) is 13.0. The molecule has 3 rings (SSSR count). The molecule has 1 fully saturated rings. The van der Waals surface area contributed by atoms with E-state index in [1.54, 1.807) is 18.0 Å². The molecule has 1 saturated heterocycles. The van der Waals surface area contributed by atoms with Crippen molar-refractivity contribution >= 4 is 5.91 Å². The van der Waals surface area contributed by atoms with Crippen LogP contribution in [0.1, 0.15) is 49.8 Å². The van der Waals surface area contributed by atoms with E-state index in [1.807, 2.05) is 13.0 Å². The molecule has 2 heterocycles. The number of rotatable bonds is 6. The van der Waals surface area contributed by atoms with E-state index < -0.39 is 0 Å². The minimum Gasteiger partial charge on any atom is -0.340 e. The third kappa shape index (κ3) is 4.71. The monoisotopic (exact) mass is 373 g/mol. The number of nitrogens with zero attached hydrogens (tertiary/aromatic N) is 4. The van der Waals surface area contributed by atoms with Gasteiger partial charge in [-0.25, -0.2) is 9.37 Å². The summed E-state index contributed by atoms with van der Waals surface area (Å²) in [4.78, 5) is 21.2. The Balaban J connectivity index is 1.53. The molecular formula is C20H28FN5O.